The van der Waals surface area contributed by atoms with Crippen LogP contribution in [0.5, 0.6) is 0 Å². The van der Waals surface area contributed by atoms with Gasteiger partial charge in [-0.25, -0.2) is 8.78 Å². The van der Waals surface area contributed by atoms with Gasteiger partial charge in [0.2, 0.25) is 5.91 Å². The molecule has 2 unspecified atom stereocenters. The standard InChI is InChI=1S/C11H18F2N2O/c12-10(13)6-15(9-3-4-9)11(16)7-1-2-8(14)5-7/h7-10H,1-6,14H2. The number of hydrogen-bond acceptors (Lipinski definition) is 2. The minimum Gasteiger partial charge on any atom is -0.334 e. The van der Waals surface area contributed by atoms with Crippen LogP contribution in [0.1, 0.15) is 32.1 Å². The molecule has 2 rings (SSSR count). The van der Waals surface area contributed by atoms with E-state index in [-0.39, 0.29) is 23.9 Å². The molecule has 5 heteroatoms. The molecular formula is C11H18F2N2O. The molecular weight excluding hydrogens is 214 g/mol. The average Bonchev–Trinajstić information content (AvgIpc) is 2.96. The first-order valence-corrected chi connectivity index (χ1v) is 5.92. The number of carbonyl (C=O) groups excluding carboxylic acids is 1. The maximum absolute atomic E-state index is 12.4. The second kappa shape index (κ2) is 4.65. The van der Waals surface area contributed by atoms with Gasteiger partial charge < -0.3 is 10.6 Å². The van der Waals surface area contributed by atoms with Crippen LogP contribution in [0.2, 0.25) is 0 Å². The van der Waals surface area contributed by atoms with Crippen molar-refractivity contribution in [2.75, 3.05) is 6.54 Å². The highest BCUT2D eigenvalue weighted by molar-refractivity contribution is 5.80. The smallest absolute Gasteiger partial charge is 0.255 e. The number of hydrogen-bond donors (Lipinski definition) is 1. The fourth-order valence-electron chi connectivity index (χ4n) is 2.43. The van der Waals surface area contributed by atoms with E-state index in [0.717, 1.165) is 25.7 Å². The third kappa shape index (κ3) is 2.70. The molecule has 0 bridgehead atoms. The molecule has 2 aliphatic carbocycles. The molecule has 0 aliphatic heterocycles. The van der Waals surface area contributed by atoms with Gasteiger partial charge in [0.25, 0.3) is 6.43 Å². The summed E-state index contributed by atoms with van der Waals surface area (Å²) in [6.45, 7) is -0.408. The Morgan fingerprint density at radius 1 is 1.31 bits per heavy atom. The van der Waals surface area contributed by atoms with Crippen molar-refractivity contribution in [2.45, 2.75) is 50.6 Å². The van der Waals surface area contributed by atoms with Crippen LogP contribution < -0.4 is 5.73 Å². The Hall–Kier alpha value is -0.710. The quantitative estimate of drug-likeness (QED) is 0.795. The van der Waals surface area contributed by atoms with Crippen LogP contribution in [0.15, 0.2) is 0 Å². The number of rotatable bonds is 4. The van der Waals surface area contributed by atoms with Gasteiger partial charge in [0.05, 0.1) is 6.54 Å². The van der Waals surface area contributed by atoms with Crippen molar-refractivity contribution in [3.63, 3.8) is 0 Å². The fraction of sp³-hybridized carbons (Fsp3) is 0.909. The molecule has 2 N–H and O–H groups in total. The highest BCUT2D eigenvalue weighted by Gasteiger charge is 2.39. The van der Waals surface area contributed by atoms with Crippen LogP contribution in [0, 0.1) is 5.92 Å². The van der Waals surface area contributed by atoms with E-state index < -0.39 is 13.0 Å². The van der Waals surface area contributed by atoms with Crippen molar-refractivity contribution >= 4 is 5.91 Å². The Kier molecular flexibility index (Phi) is 3.42. The number of carbonyl (C=O) groups is 1. The third-order valence-electron chi connectivity index (χ3n) is 3.43. The van der Waals surface area contributed by atoms with Crippen LogP contribution in [0.25, 0.3) is 0 Å². The number of nitrogens with zero attached hydrogens (tertiary/aromatic N) is 1. The molecule has 3 nitrogen and oxygen atoms in total. The SMILES string of the molecule is NC1CCC(C(=O)N(CC(F)F)C2CC2)C1. The Morgan fingerprint density at radius 3 is 2.44 bits per heavy atom. The normalized spacial score (nSPS) is 29.8. The van der Waals surface area contributed by atoms with E-state index >= 15 is 0 Å². The minimum atomic E-state index is -2.43. The first-order chi connectivity index (χ1) is 7.58. The summed E-state index contributed by atoms with van der Waals surface area (Å²) in [7, 11) is 0. The fourth-order valence-corrected chi connectivity index (χ4v) is 2.43. The van der Waals surface area contributed by atoms with Gasteiger partial charge >= 0.3 is 0 Å². The molecule has 2 saturated carbocycles. The van der Waals surface area contributed by atoms with Crippen molar-refractivity contribution in [2.24, 2.45) is 11.7 Å². The van der Waals surface area contributed by atoms with Gasteiger partial charge in [-0.15, -0.1) is 0 Å². The first kappa shape index (κ1) is 11.8. The predicted molar refractivity (Wildman–Crippen MR) is 56.1 cm³/mol. The van der Waals surface area contributed by atoms with Crippen LogP contribution in [-0.4, -0.2) is 35.9 Å². The largest absolute Gasteiger partial charge is 0.334 e. The van der Waals surface area contributed by atoms with Crippen molar-refractivity contribution in [3.05, 3.63) is 0 Å². The predicted octanol–water partition coefficient (Wildman–Crippen LogP) is 1.37. The summed E-state index contributed by atoms with van der Waals surface area (Å²) in [6.07, 6.45) is 1.56. The van der Waals surface area contributed by atoms with E-state index in [0.29, 0.717) is 6.42 Å². The number of alkyl halides is 2. The van der Waals surface area contributed by atoms with Crippen molar-refractivity contribution < 1.29 is 13.6 Å². The number of halogens is 2. The second-order valence-corrected chi connectivity index (χ2v) is 4.88. The monoisotopic (exact) mass is 232 g/mol. The summed E-state index contributed by atoms with van der Waals surface area (Å²) in [5.41, 5.74) is 5.74. The number of amides is 1. The average molecular weight is 232 g/mol. The molecule has 92 valence electrons. The zero-order valence-corrected chi connectivity index (χ0v) is 9.24. The van der Waals surface area contributed by atoms with E-state index in [1.807, 2.05) is 0 Å². The molecule has 0 spiro atoms. The summed E-state index contributed by atoms with van der Waals surface area (Å²) in [6, 6.07) is 0.139. The molecule has 16 heavy (non-hydrogen) atoms. The van der Waals surface area contributed by atoms with Crippen LogP contribution in [0.4, 0.5) is 8.78 Å². The third-order valence-corrected chi connectivity index (χ3v) is 3.43. The van der Waals surface area contributed by atoms with E-state index in [2.05, 4.69) is 0 Å². The Bertz CT molecular complexity index is 269. The molecule has 0 heterocycles. The van der Waals surface area contributed by atoms with Gasteiger partial charge in [0, 0.05) is 18.0 Å². The van der Waals surface area contributed by atoms with Gasteiger partial charge in [-0.1, -0.05) is 0 Å². The minimum absolute atomic E-state index is 0.0679. The number of nitrogens with two attached hydrogens (primary N) is 1. The zero-order chi connectivity index (χ0) is 11.7. The molecule has 2 aliphatic rings. The highest BCUT2D eigenvalue weighted by Crippen LogP contribution is 2.32. The van der Waals surface area contributed by atoms with Gasteiger partial charge in [0.15, 0.2) is 0 Å². The zero-order valence-electron chi connectivity index (χ0n) is 9.24. The lowest BCUT2D eigenvalue weighted by atomic mass is 10.1. The summed E-state index contributed by atoms with van der Waals surface area (Å²) in [5.74, 6) is -0.217. The van der Waals surface area contributed by atoms with Crippen molar-refractivity contribution in [3.8, 4) is 0 Å². The Morgan fingerprint density at radius 2 is 2.00 bits per heavy atom. The molecule has 0 aromatic rings. The van der Waals surface area contributed by atoms with Crippen LogP contribution in [0.3, 0.4) is 0 Å². The summed E-state index contributed by atoms with van der Waals surface area (Å²) in [5, 5.41) is 0. The van der Waals surface area contributed by atoms with Gasteiger partial charge in [0.1, 0.15) is 0 Å². The van der Waals surface area contributed by atoms with Gasteiger partial charge in [-0.3, -0.25) is 4.79 Å². The Labute approximate surface area is 94.0 Å². The molecule has 0 radical (unpaired) electrons. The van der Waals surface area contributed by atoms with Gasteiger partial charge in [-0.2, -0.15) is 0 Å². The topological polar surface area (TPSA) is 46.3 Å². The van der Waals surface area contributed by atoms with E-state index in [4.69, 9.17) is 5.73 Å². The van der Waals surface area contributed by atoms with Crippen LogP contribution in [-0.2, 0) is 4.79 Å². The van der Waals surface area contributed by atoms with E-state index in [1.165, 1.54) is 4.90 Å². The van der Waals surface area contributed by atoms with E-state index in [9.17, 15) is 13.6 Å². The molecule has 0 aromatic heterocycles. The molecule has 2 fully saturated rings. The second-order valence-electron chi connectivity index (χ2n) is 4.88. The lowest BCUT2D eigenvalue weighted by molar-refractivity contribution is -0.138. The maximum Gasteiger partial charge on any atom is 0.255 e. The summed E-state index contributed by atoms with van der Waals surface area (Å²) in [4.78, 5) is 13.4. The van der Waals surface area contributed by atoms with Crippen molar-refractivity contribution in [1.82, 2.24) is 4.90 Å². The van der Waals surface area contributed by atoms with Gasteiger partial charge in [-0.05, 0) is 32.1 Å². The molecule has 1 amide bonds. The van der Waals surface area contributed by atoms with E-state index in [1.54, 1.807) is 0 Å². The summed E-state index contributed by atoms with van der Waals surface area (Å²) < 4.78 is 24.8. The lowest BCUT2D eigenvalue weighted by Crippen LogP contribution is -2.40. The highest BCUT2D eigenvalue weighted by atomic mass is 19.3. The maximum atomic E-state index is 12.4. The molecule has 0 saturated heterocycles. The van der Waals surface area contributed by atoms with Crippen molar-refractivity contribution in [1.29, 1.82) is 0 Å². The summed E-state index contributed by atoms with van der Waals surface area (Å²) >= 11 is 0. The molecule has 0 aromatic carbocycles. The first-order valence-electron chi connectivity index (χ1n) is 5.92. The Balaban J connectivity index is 1.94. The van der Waals surface area contributed by atoms with Crippen LogP contribution >= 0.6 is 0 Å². The molecule has 2 atom stereocenters. The lowest BCUT2D eigenvalue weighted by Gasteiger charge is -2.25.